The van der Waals surface area contributed by atoms with E-state index in [4.69, 9.17) is 0 Å². The summed E-state index contributed by atoms with van der Waals surface area (Å²) in [6, 6.07) is 3.47. The highest BCUT2D eigenvalue weighted by atomic mass is 32.2. The maximum atomic E-state index is 13.3. The van der Waals surface area contributed by atoms with Crippen LogP contribution in [0.15, 0.2) is 34.5 Å². The number of amides is 2. The van der Waals surface area contributed by atoms with Crippen molar-refractivity contribution in [2.75, 3.05) is 5.75 Å². The molecule has 0 spiro atoms. The highest BCUT2D eigenvalue weighted by molar-refractivity contribution is 7.94. The van der Waals surface area contributed by atoms with Crippen molar-refractivity contribution in [3.05, 3.63) is 56.7 Å². The van der Waals surface area contributed by atoms with E-state index in [1.807, 2.05) is 0 Å². The second kappa shape index (κ2) is 8.00. The molecule has 8 nitrogen and oxygen atoms in total. The van der Waals surface area contributed by atoms with E-state index in [1.54, 1.807) is 12.1 Å². The number of hydrogen-bond donors (Lipinski definition) is 3. The third-order valence-electron chi connectivity index (χ3n) is 6.74. The van der Waals surface area contributed by atoms with E-state index in [0.717, 1.165) is 30.2 Å². The van der Waals surface area contributed by atoms with Gasteiger partial charge < -0.3 is 15.6 Å². The Balaban J connectivity index is 1.48. The molecule has 1 aliphatic heterocycles. The molecule has 1 atom stereocenters. The van der Waals surface area contributed by atoms with Crippen molar-refractivity contribution in [1.29, 1.82) is 0 Å². The summed E-state index contributed by atoms with van der Waals surface area (Å²) in [5.41, 5.74) is 0.289. The zero-order chi connectivity index (χ0) is 24.3. The topological polar surface area (TPSA) is 125 Å². The van der Waals surface area contributed by atoms with Crippen molar-refractivity contribution >= 4 is 32.6 Å². The first-order valence-corrected chi connectivity index (χ1v) is 12.8. The second-order valence-electron chi connectivity index (χ2n) is 9.31. The number of H-pyrrole nitrogens is 1. The first kappa shape index (κ1) is 22.7. The van der Waals surface area contributed by atoms with E-state index in [0.29, 0.717) is 5.39 Å². The van der Waals surface area contributed by atoms with Gasteiger partial charge in [0.05, 0.1) is 22.9 Å². The molecule has 2 heterocycles. The Labute approximate surface area is 193 Å². The van der Waals surface area contributed by atoms with Crippen LogP contribution in [0.5, 0.6) is 0 Å². The third kappa shape index (κ3) is 4.24. The zero-order valence-corrected chi connectivity index (χ0v) is 18.9. The SMILES string of the molecule is O=C(N[C@@H]1C=CS(=O)(=O)C1)c1cc2ccc(C3CCC3)c(C(=O)NC3CC(F)(F)C3)c2[nH]c1=O. The first-order chi connectivity index (χ1) is 16.0. The van der Waals surface area contributed by atoms with Gasteiger partial charge in [0.15, 0.2) is 9.84 Å². The molecule has 34 heavy (non-hydrogen) atoms. The lowest BCUT2D eigenvalue weighted by atomic mass is 9.77. The average molecular weight is 492 g/mol. The van der Waals surface area contributed by atoms with Crippen molar-refractivity contribution in [2.45, 2.75) is 56.0 Å². The lowest BCUT2D eigenvalue weighted by Gasteiger charge is -2.36. The molecule has 11 heteroatoms. The maximum Gasteiger partial charge on any atom is 0.261 e. The van der Waals surface area contributed by atoms with Crippen LogP contribution in [0.4, 0.5) is 8.78 Å². The Kier molecular flexibility index (Phi) is 5.34. The van der Waals surface area contributed by atoms with Gasteiger partial charge >= 0.3 is 0 Å². The molecular formula is C23H23F2N3O5S. The zero-order valence-electron chi connectivity index (χ0n) is 18.1. The monoisotopic (exact) mass is 491 g/mol. The van der Waals surface area contributed by atoms with Crippen LogP contribution in [0.3, 0.4) is 0 Å². The van der Waals surface area contributed by atoms with Crippen molar-refractivity contribution in [1.82, 2.24) is 15.6 Å². The Morgan fingerprint density at radius 2 is 1.82 bits per heavy atom. The molecule has 0 saturated heterocycles. The molecule has 0 bridgehead atoms. The summed E-state index contributed by atoms with van der Waals surface area (Å²) in [7, 11) is -3.38. The number of fused-ring (bicyclic) bond motifs is 1. The Hall–Kier alpha value is -3.08. The number of nitrogens with one attached hydrogen (secondary N) is 3. The summed E-state index contributed by atoms with van der Waals surface area (Å²) < 4.78 is 49.6. The molecule has 2 amide bonds. The highest BCUT2D eigenvalue weighted by Crippen LogP contribution is 2.41. The van der Waals surface area contributed by atoms with E-state index in [1.165, 1.54) is 12.1 Å². The smallest absolute Gasteiger partial charge is 0.261 e. The molecule has 5 rings (SSSR count). The van der Waals surface area contributed by atoms with Crippen LogP contribution in [0.1, 0.15) is 64.3 Å². The Morgan fingerprint density at radius 3 is 2.41 bits per heavy atom. The second-order valence-corrected chi connectivity index (χ2v) is 11.2. The van der Waals surface area contributed by atoms with Crippen molar-refractivity contribution in [2.24, 2.45) is 0 Å². The first-order valence-electron chi connectivity index (χ1n) is 11.1. The molecule has 180 valence electrons. The maximum absolute atomic E-state index is 13.3. The number of aromatic nitrogens is 1. The number of halogens is 2. The number of rotatable bonds is 5. The lowest BCUT2D eigenvalue weighted by Crippen LogP contribution is -2.50. The predicted octanol–water partition coefficient (Wildman–Crippen LogP) is 2.36. The molecule has 3 aliphatic rings. The summed E-state index contributed by atoms with van der Waals surface area (Å²) >= 11 is 0. The van der Waals surface area contributed by atoms with Crippen LogP contribution >= 0.6 is 0 Å². The molecule has 0 unspecified atom stereocenters. The van der Waals surface area contributed by atoms with Crippen LogP contribution in [0.2, 0.25) is 0 Å². The fraction of sp³-hybridized carbons (Fsp3) is 0.435. The molecule has 1 aromatic carbocycles. The average Bonchev–Trinajstić information content (AvgIpc) is 3.02. The minimum Gasteiger partial charge on any atom is -0.349 e. The summed E-state index contributed by atoms with van der Waals surface area (Å²) in [6.45, 7) is 0. The van der Waals surface area contributed by atoms with Gasteiger partial charge in [-0.2, -0.15) is 0 Å². The number of alkyl halides is 2. The number of carbonyl (C=O) groups is 2. The van der Waals surface area contributed by atoms with Crippen molar-refractivity contribution < 1.29 is 26.8 Å². The molecule has 2 aliphatic carbocycles. The van der Waals surface area contributed by atoms with Gasteiger partial charge in [0, 0.05) is 24.3 Å². The molecular weight excluding hydrogens is 468 g/mol. The van der Waals surface area contributed by atoms with E-state index in [9.17, 15) is 31.6 Å². The van der Waals surface area contributed by atoms with Crippen molar-refractivity contribution in [3.63, 3.8) is 0 Å². The van der Waals surface area contributed by atoms with Gasteiger partial charge in [-0.3, -0.25) is 14.4 Å². The minimum absolute atomic E-state index is 0.135. The van der Waals surface area contributed by atoms with E-state index < -0.39 is 58.1 Å². The quantitative estimate of drug-likeness (QED) is 0.592. The summed E-state index contributed by atoms with van der Waals surface area (Å²) in [4.78, 5) is 41.2. The highest BCUT2D eigenvalue weighted by Gasteiger charge is 2.46. The molecule has 1 aromatic heterocycles. The number of sulfone groups is 1. The summed E-state index contributed by atoms with van der Waals surface area (Å²) in [5.74, 6) is -4.18. The van der Waals surface area contributed by atoms with Gasteiger partial charge in [0.2, 0.25) is 0 Å². The van der Waals surface area contributed by atoms with E-state index >= 15 is 0 Å². The fourth-order valence-electron chi connectivity index (χ4n) is 4.70. The largest absolute Gasteiger partial charge is 0.349 e. The van der Waals surface area contributed by atoms with Crippen LogP contribution < -0.4 is 16.2 Å². The van der Waals surface area contributed by atoms with Gasteiger partial charge in [-0.15, -0.1) is 0 Å². The standard InChI is InChI=1S/C23H23F2N3O5S/c24-23(25)9-15(10-23)27-22(31)18-16(12-2-1-3-12)5-4-13-8-17(21(30)28-19(13)18)20(29)26-14-6-7-34(32,33)11-14/h4-8,12,14-15H,1-3,9-11H2,(H,26,29)(H,27,31)(H,28,30)/t14-/m1/s1. The number of carbonyl (C=O) groups excluding carboxylic acids is 2. The predicted molar refractivity (Wildman–Crippen MR) is 121 cm³/mol. The number of aromatic amines is 1. The van der Waals surface area contributed by atoms with Gasteiger partial charge in [-0.05, 0) is 41.9 Å². The summed E-state index contributed by atoms with van der Waals surface area (Å²) in [6.07, 6.45) is 3.29. The van der Waals surface area contributed by atoms with Crippen molar-refractivity contribution in [3.8, 4) is 0 Å². The molecule has 2 fully saturated rings. The molecule has 3 N–H and O–H groups in total. The normalized spacial score (nSPS) is 23.3. The van der Waals surface area contributed by atoms with Gasteiger partial charge in [-0.25, -0.2) is 17.2 Å². The minimum atomic E-state index is -3.38. The molecule has 2 aromatic rings. The molecule has 2 saturated carbocycles. The summed E-state index contributed by atoms with van der Waals surface area (Å²) in [5, 5.41) is 6.63. The van der Waals surface area contributed by atoms with E-state index in [-0.39, 0.29) is 28.3 Å². The molecule has 0 radical (unpaired) electrons. The Morgan fingerprint density at radius 1 is 1.09 bits per heavy atom. The van der Waals surface area contributed by atoms with Crippen LogP contribution in [0.25, 0.3) is 10.9 Å². The van der Waals surface area contributed by atoms with Gasteiger partial charge in [0.25, 0.3) is 23.3 Å². The van der Waals surface area contributed by atoms with Gasteiger partial charge in [-0.1, -0.05) is 18.6 Å². The number of pyridine rings is 1. The lowest BCUT2D eigenvalue weighted by molar-refractivity contribution is -0.0901. The number of benzene rings is 1. The van der Waals surface area contributed by atoms with Crippen LogP contribution in [-0.2, 0) is 9.84 Å². The van der Waals surface area contributed by atoms with Crippen LogP contribution in [0, 0.1) is 0 Å². The fourth-order valence-corrected chi connectivity index (χ4v) is 5.93. The Bertz CT molecular complexity index is 1390. The van der Waals surface area contributed by atoms with Gasteiger partial charge in [0.1, 0.15) is 5.56 Å². The van der Waals surface area contributed by atoms with E-state index in [2.05, 4.69) is 15.6 Å². The third-order valence-corrected chi connectivity index (χ3v) is 8.14. The number of hydrogen-bond acceptors (Lipinski definition) is 5. The van der Waals surface area contributed by atoms with Crippen LogP contribution in [-0.4, -0.2) is 49.0 Å².